The summed E-state index contributed by atoms with van der Waals surface area (Å²) < 4.78 is 8.02. The number of aromatic nitrogens is 3. The number of amides is 1. The molecule has 186 valence electrons. The number of hydrogen-bond donors (Lipinski definition) is 0. The van der Waals surface area contributed by atoms with Crippen molar-refractivity contribution >= 4 is 11.7 Å². The number of fused-ring (bicyclic) bond motifs is 1. The molecule has 4 heterocycles. The number of anilines is 1. The Bertz CT molecular complexity index is 1170. The van der Waals surface area contributed by atoms with Crippen LogP contribution in [0.15, 0.2) is 12.4 Å². The molecule has 0 N–H and O–H groups in total. The van der Waals surface area contributed by atoms with Crippen LogP contribution < -0.4 is 4.90 Å². The van der Waals surface area contributed by atoms with Gasteiger partial charge in [-0.05, 0) is 45.1 Å². The summed E-state index contributed by atoms with van der Waals surface area (Å²) in [5.41, 5.74) is 3.77. The second-order valence-electron chi connectivity index (χ2n) is 11.2. The van der Waals surface area contributed by atoms with Gasteiger partial charge in [0.2, 0.25) is 5.91 Å². The van der Waals surface area contributed by atoms with E-state index in [1.165, 1.54) is 0 Å². The molecule has 3 aliphatic rings. The molecule has 2 aliphatic heterocycles. The topological polar surface area (TPSA) is 87.3 Å². The summed E-state index contributed by atoms with van der Waals surface area (Å²) >= 11 is 0. The van der Waals surface area contributed by atoms with E-state index in [0.717, 1.165) is 47.7 Å². The molecular weight excluding hydrogens is 440 g/mol. The first-order chi connectivity index (χ1) is 16.7. The number of piperazine rings is 1. The highest BCUT2D eigenvalue weighted by atomic mass is 16.5. The third-order valence-electron chi connectivity index (χ3n) is 7.75. The minimum absolute atomic E-state index is 0.0496. The molecule has 1 saturated heterocycles. The Labute approximate surface area is 207 Å². The van der Waals surface area contributed by atoms with Crippen LogP contribution in [-0.2, 0) is 29.1 Å². The lowest BCUT2D eigenvalue weighted by atomic mass is 9.87. The summed E-state index contributed by atoms with van der Waals surface area (Å²) in [6, 6.07) is 2.56. The largest absolute Gasteiger partial charge is 0.370 e. The van der Waals surface area contributed by atoms with Gasteiger partial charge in [-0.2, -0.15) is 5.26 Å². The van der Waals surface area contributed by atoms with E-state index in [-0.39, 0.29) is 23.5 Å². The normalized spacial score (nSPS) is 21.7. The maximum atomic E-state index is 13.3. The molecule has 0 unspecified atom stereocenters. The Hall–Kier alpha value is -2.92. The Morgan fingerprint density at radius 3 is 2.69 bits per heavy atom. The SMILES string of the molecule is Cc1nccn1CC(=O)N1CCN(c2nc(C3CC3)c3c(c2C#N)CC(C)(C)OC3)C[C@H]1C(C)C. The zero-order chi connectivity index (χ0) is 24.9. The van der Waals surface area contributed by atoms with E-state index < -0.39 is 0 Å². The number of hydrogen-bond acceptors (Lipinski definition) is 6. The Balaban J connectivity index is 1.46. The first kappa shape index (κ1) is 23.8. The second kappa shape index (κ2) is 8.94. The second-order valence-corrected chi connectivity index (χ2v) is 11.2. The standard InChI is InChI=1S/C27H36N6O2/c1-17(2)23-14-32(10-11-33(23)24(34)15-31-9-8-29-18(31)3)26-21(13-28)20-12-27(4,5)35-16-22(20)25(30-26)19-6-7-19/h8-9,17,19,23H,6-7,10-12,14-16H2,1-5H3/t23-/m0/s1. The van der Waals surface area contributed by atoms with Gasteiger partial charge in [-0.3, -0.25) is 4.79 Å². The number of carbonyl (C=O) groups excluding carboxylic acids is 1. The Morgan fingerprint density at radius 2 is 2.06 bits per heavy atom. The van der Waals surface area contributed by atoms with Crippen molar-refractivity contribution < 1.29 is 9.53 Å². The first-order valence-electron chi connectivity index (χ1n) is 12.8. The van der Waals surface area contributed by atoms with Crippen LogP contribution in [0.4, 0.5) is 5.82 Å². The minimum Gasteiger partial charge on any atom is -0.370 e. The van der Waals surface area contributed by atoms with E-state index in [2.05, 4.69) is 43.6 Å². The molecule has 0 spiro atoms. The molecule has 5 rings (SSSR count). The van der Waals surface area contributed by atoms with Crippen molar-refractivity contribution in [2.24, 2.45) is 5.92 Å². The van der Waals surface area contributed by atoms with Crippen LogP contribution in [0.25, 0.3) is 0 Å². The molecule has 35 heavy (non-hydrogen) atoms. The van der Waals surface area contributed by atoms with Crippen LogP contribution in [0.3, 0.4) is 0 Å². The number of nitrogens with zero attached hydrogens (tertiary/aromatic N) is 6. The third-order valence-corrected chi connectivity index (χ3v) is 7.75. The van der Waals surface area contributed by atoms with Gasteiger partial charge in [0.15, 0.2) is 0 Å². The van der Waals surface area contributed by atoms with E-state index in [4.69, 9.17) is 9.72 Å². The molecule has 1 aliphatic carbocycles. The molecule has 0 aromatic carbocycles. The molecule has 1 amide bonds. The first-order valence-corrected chi connectivity index (χ1v) is 12.8. The van der Waals surface area contributed by atoms with Crippen LogP contribution in [-0.4, -0.2) is 56.6 Å². The van der Waals surface area contributed by atoms with Gasteiger partial charge in [0, 0.05) is 49.9 Å². The number of rotatable bonds is 5. The molecule has 8 nitrogen and oxygen atoms in total. The Morgan fingerprint density at radius 1 is 1.29 bits per heavy atom. The monoisotopic (exact) mass is 476 g/mol. The highest BCUT2D eigenvalue weighted by Crippen LogP contribution is 2.46. The van der Waals surface area contributed by atoms with Crippen molar-refractivity contribution in [2.45, 2.75) is 84.6 Å². The summed E-state index contributed by atoms with van der Waals surface area (Å²) in [6.45, 7) is 13.2. The predicted molar refractivity (Wildman–Crippen MR) is 133 cm³/mol. The van der Waals surface area contributed by atoms with Crippen molar-refractivity contribution in [3.8, 4) is 6.07 Å². The maximum Gasteiger partial charge on any atom is 0.242 e. The summed E-state index contributed by atoms with van der Waals surface area (Å²) in [4.78, 5) is 26.9. The van der Waals surface area contributed by atoms with E-state index in [0.29, 0.717) is 44.3 Å². The molecule has 0 bridgehead atoms. The lowest BCUT2D eigenvalue weighted by Gasteiger charge is -2.44. The number of pyridine rings is 1. The van der Waals surface area contributed by atoms with Gasteiger partial charge in [-0.15, -0.1) is 0 Å². The molecule has 2 aromatic heterocycles. The lowest BCUT2D eigenvalue weighted by molar-refractivity contribution is -0.135. The van der Waals surface area contributed by atoms with Crippen molar-refractivity contribution in [1.29, 1.82) is 5.26 Å². The van der Waals surface area contributed by atoms with Crippen molar-refractivity contribution in [3.63, 3.8) is 0 Å². The van der Waals surface area contributed by atoms with Gasteiger partial charge in [0.1, 0.15) is 24.3 Å². The van der Waals surface area contributed by atoms with Crippen LogP contribution in [0.5, 0.6) is 0 Å². The van der Waals surface area contributed by atoms with Crippen LogP contribution >= 0.6 is 0 Å². The summed E-state index contributed by atoms with van der Waals surface area (Å²) in [6.07, 6.45) is 6.61. The van der Waals surface area contributed by atoms with Gasteiger partial charge in [-0.25, -0.2) is 9.97 Å². The van der Waals surface area contributed by atoms with Gasteiger partial charge >= 0.3 is 0 Å². The molecule has 2 fully saturated rings. The van der Waals surface area contributed by atoms with Crippen molar-refractivity contribution in [1.82, 2.24) is 19.4 Å². The van der Waals surface area contributed by atoms with Gasteiger partial charge in [0.05, 0.1) is 29.5 Å². The van der Waals surface area contributed by atoms with Gasteiger partial charge < -0.3 is 19.1 Å². The molecule has 8 heteroatoms. The minimum atomic E-state index is -0.297. The Kier molecular flexibility index (Phi) is 6.08. The van der Waals surface area contributed by atoms with E-state index in [1.54, 1.807) is 6.20 Å². The summed E-state index contributed by atoms with van der Waals surface area (Å²) in [5.74, 6) is 2.51. The summed E-state index contributed by atoms with van der Waals surface area (Å²) in [7, 11) is 0. The molecular formula is C27H36N6O2. The fourth-order valence-electron chi connectivity index (χ4n) is 5.51. The van der Waals surface area contributed by atoms with E-state index >= 15 is 0 Å². The van der Waals surface area contributed by atoms with Crippen LogP contribution in [0.2, 0.25) is 0 Å². The molecule has 1 saturated carbocycles. The fourth-order valence-corrected chi connectivity index (χ4v) is 5.51. The van der Waals surface area contributed by atoms with Gasteiger partial charge in [0.25, 0.3) is 0 Å². The van der Waals surface area contributed by atoms with Crippen molar-refractivity contribution in [3.05, 3.63) is 40.6 Å². The van der Waals surface area contributed by atoms with E-state index in [1.807, 2.05) is 22.6 Å². The molecule has 1 atom stereocenters. The quantitative estimate of drug-likeness (QED) is 0.656. The zero-order valence-electron chi connectivity index (χ0n) is 21.5. The third kappa shape index (κ3) is 4.54. The average molecular weight is 477 g/mol. The number of ether oxygens (including phenoxy) is 1. The molecule has 2 aromatic rings. The highest BCUT2D eigenvalue weighted by molar-refractivity contribution is 5.77. The van der Waals surface area contributed by atoms with Crippen LogP contribution in [0, 0.1) is 24.2 Å². The zero-order valence-corrected chi connectivity index (χ0v) is 21.5. The molecule has 0 radical (unpaired) electrons. The number of nitriles is 1. The number of imidazole rings is 1. The highest BCUT2D eigenvalue weighted by Gasteiger charge is 2.39. The average Bonchev–Trinajstić information content (AvgIpc) is 3.59. The maximum absolute atomic E-state index is 13.3. The van der Waals surface area contributed by atoms with Crippen LogP contribution in [0.1, 0.15) is 74.7 Å². The fraction of sp³-hybridized carbons (Fsp3) is 0.630. The lowest BCUT2D eigenvalue weighted by Crippen LogP contribution is -2.58. The smallest absolute Gasteiger partial charge is 0.242 e. The number of aryl methyl sites for hydroxylation is 1. The van der Waals surface area contributed by atoms with E-state index in [9.17, 15) is 10.1 Å². The summed E-state index contributed by atoms with van der Waals surface area (Å²) in [5, 5.41) is 10.3. The predicted octanol–water partition coefficient (Wildman–Crippen LogP) is 3.56. The number of carbonyl (C=O) groups is 1. The van der Waals surface area contributed by atoms with Gasteiger partial charge in [-0.1, -0.05) is 13.8 Å². The van der Waals surface area contributed by atoms with Crippen molar-refractivity contribution in [2.75, 3.05) is 24.5 Å².